The van der Waals surface area contributed by atoms with Crippen LogP contribution >= 0.6 is 11.8 Å². The van der Waals surface area contributed by atoms with Crippen LogP contribution in [0.1, 0.15) is 38.5 Å². The van der Waals surface area contributed by atoms with Gasteiger partial charge in [-0.2, -0.15) is 11.8 Å². The van der Waals surface area contributed by atoms with E-state index in [0.717, 1.165) is 37.9 Å². The van der Waals surface area contributed by atoms with Gasteiger partial charge in [-0.25, -0.2) is 0 Å². The van der Waals surface area contributed by atoms with Crippen LogP contribution in [0.25, 0.3) is 0 Å². The van der Waals surface area contributed by atoms with Crippen LogP contribution in [-0.2, 0) is 4.79 Å². The van der Waals surface area contributed by atoms with Crippen molar-refractivity contribution in [2.45, 2.75) is 44.1 Å². The molecule has 1 aliphatic carbocycles. The van der Waals surface area contributed by atoms with E-state index in [9.17, 15) is 15.0 Å². The number of carbonyl (C=O) groups is 1. The molecule has 0 heterocycles. The van der Waals surface area contributed by atoms with Crippen molar-refractivity contribution < 1.29 is 20.1 Å². The Morgan fingerprint density at radius 2 is 2.18 bits per heavy atom. The van der Waals surface area contributed by atoms with Crippen molar-refractivity contribution in [2.75, 3.05) is 18.1 Å². The Labute approximate surface area is 106 Å². The number of aliphatic hydroxyl groups is 2. The van der Waals surface area contributed by atoms with E-state index in [4.69, 9.17) is 5.11 Å². The summed E-state index contributed by atoms with van der Waals surface area (Å²) in [5.74, 6) is 0.484. The van der Waals surface area contributed by atoms with E-state index in [0.29, 0.717) is 6.42 Å². The standard InChI is InChI=1S/C12H22O4S/c13-9-12(16)6-3-5-10(12)4-1-2-7-17-8-11(14)15/h10,13,16H,1-9H2,(H,14,15)/t10-,12?/m1/s1. The molecule has 0 radical (unpaired) electrons. The lowest BCUT2D eigenvalue weighted by molar-refractivity contribution is -0.133. The van der Waals surface area contributed by atoms with E-state index >= 15 is 0 Å². The Morgan fingerprint density at radius 1 is 1.41 bits per heavy atom. The lowest BCUT2D eigenvalue weighted by Gasteiger charge is -2.27. The fourth-order valence-electron chi connectivity index (χ4n) is 2.50. The van der Waals surface area contributed by atoms with Crippen LogP contribution in [0.2, 0.25) is 0 Å². The first kappa shape index (κ1) is 14.8. The zero-order valence-electron chi connectivity index (χ0n) is 10.1. The topological polar surface area (TPSA) is 77.8 Å². The molecule has 0 amide bonds. The molecule has 4 nitrogen and oxygen atoms in total. The van der Waals surface area contributed by atoms with Gasteiger partial charge < -0.3 is 15.3 Å². The molecule has 3 N–H and O–H groups in total. The van der Waals surface area contributed by atoms with Crippen LogP contribution in [-0.4, -0.2) is 45.0 Å². The van der Waals surface area contributed by atoms with E-state index in [-0.39, 0.29) is 18.3 Å². The molecule has 0 aromatic rings. The summed E-state index contributed by atoms with van der Waals surface area (Å²) in [5.41, 5.74) is -0.853. The average Bonchev–Trinajstić information content (AvgIpc) is 2.66. The third-order valence-corrected chi connectivity index (χ3v) is 4.54. The van der Waals surface area contributed by atoms with E-state index in [1.54, 1.807) is 0 Å². The van der Waals surface area contributed by atoms with Gasteiger partial charge in [0.2, 0.25) is 0 Å². The van der Waals surface area contributed by atoms with Gasteiger partial charge in [-0.3, -0.25) is 4.79 Å². The number of aliphatic hydroxyl groups excluding tert-OH is 1. The molecule has 5 heteroatoms. The Hall–Kier alpha value is -0.260. The van der Waals surface area contributed by atoms with Crippen LogP contribution in [0.5, 0.6) is 0 Å². The number of aliphatic carboxylic acids is 1. The van der Waals surface area contributed by atoms with Gasteiger partial charge in [0.1, 0.15) is 0 Å². The summed E-state index contributed by atoms with van der Waals surface area (Å²) in [6.45, 7) is -0.134. The third-order valence-electron chi connectivity index (χ3n) is 3.51. The molecule has 0 saturated heterocycles. The van der Waals surface area contributed by atoms with E-state index in [1.165, 1.54) is 11.8 Å². The number of rotatable bonds is 8. The smallest absolute Gasteiger partial charge is 0.313 e. The highest BCUT2D eigenvalue weighted by Gasteiger charge is 2.39. The van der Waals surface area contributed by atoms with E-state index < -0.39 is 11.6 Å². The zero-order valence-corrected chi connectivity index (χ0v) is 10.9. The molecule has 1 saturated carbocycles. The van der Waals surface area contributed by atoms with Gasteiger partial charge in [0.15, 0.2) is 0 Å². The maximum Gasteiger partial charge on any atom is 0.313 e. The SMILES string of the molecule is O=C(O)CSCCCC[C@@H]1CCCC1(O)CO. The molecule has 1 rings (SSSR count). The molecule has 0 aromatic carbocycles. The van der Waals surface area contributed by atoms with Crippen LogP contribution < -0.4 is 0 Å². The largest absolute Gasteiger partial charge is 0.481 e. The van der Waals surface area contributed by atoms with E-state index in [2.05, 4.69) is 0 Å². The van der Waals surface area contributed by atoms with Gasteiger partial charge >= 0.3 is 5.97 Å². The summed E-state index contributed by atoms with van der Waals surface area (Å²) in [5, 5.41) is 27.7. The first-order valence-corrected chi connectivity index (χ1v) is 7.37. The summed E-state index contributed by atoms with van der Waals surface area (Å²) in [6.07, 6.45) is 5.62. The second kappa shape index (κ2) is 7.24. The number of hydrogen-bond donors (Lipinski definition) is 3. The average molecular weight is 262 g/mol. The summed E-state index contributed by atoms with van der Waals surface area (Å²) < 4.78 is 0. The van der Waals surface area contributed by atoms with Crippen molar-refractivity contribution in [3.63, 3.8) is 0 Å². The maximum atomic E-state index is 10.3. The van der Waals surface area contributed by atoms with Gasteiger partial charge in [-0.1, -0.05) is 12.8 Å². The molecular formula is C12H22O4S. The molecule has 1 aliphatic rings. The highest BCUT2D eigenvalue weighted by molar-refractivity contribution is 7.99. The van der Waals surface area contributed by atoms with Gasteiger partial charge in [-0.05, 0) is 37.4 Å². The first-order chi connectivity index (χ1) is 8.08. The molecule has 0 bridgehead atoms. The van der Waals surface area contributed by atoms with Crippen LogP contribution in [0, 0.1) is 5.92 Å². The highest BCUT2D eigenvalue weighted by atomic mass is 32.2. The molecular weight excluding hydrogens is 240 g/mol. The Bertz CT molecular complexity index is 247. The van der Waals surface area contributed by atoms with Crippen molar-refractivity contribution in [2.24, 2.45) is 5.92 Å². The molecule has 0 aliphatic heterocycles. The third kappa shape index (κ3) is 4.85. The minimum absolute atomic E-state index is 0.134. The molecule has 1 unspecified atom stereocenters. The predicted octanol–water partition coefficient (Wildman–Crippen LogP) is 1.50. The molecule has 0 aromatic heterocycles. The highest BCUT2D eigenvalue weighted by Crippen LogP contribution is 2.38. The number of carboxylic acids is 1. The van der Waals surface area contributed by atoms with E-state index in [1.807, 2.05) is 0 Å². The minimum atomic E-state index is -0.853. The zero-order chi connectivity index (χ0) is 12.7. The molecule has 1 fully saturated rings. The maximum absolute atomic E-state index is 10.3. The van der Waals surface area contributed by atoms with Gasteiger partial charge in [0.25, 0.3) is 0 Å². The van der Waals surface area contributed by atoms with Crippen molar-refractivity contribution >= 4 is 17.7 Å². The number of unbranched alkanes of at least 4 members (excludes halogenated alkanes) is 1. The van der Waals surface area contributed by atoms with Crippen LogP contribution in [0.3, 0.4) is 0 Å². The minimum Gasteiger partial charge on any atom is -0.481 e. The normalized spacial score (nSPS) is 28.5. The Kier molecular flexibility index (Phi) is 6.30. The van der Waals surface area contributed by atoms with Crippen LogP contribution in [0.4, 0.5) is 0 Å². The lowest BCUT2D eigenvalue weighted by atomic mass is 9.87. The number of carboxylic acid groups (broad SMARTS) is 1. The fraction of sp³-hybridized carbons (Fsp3) is 0.917. The number of hydrogen-bond acceptors (Lipinski definition) is 4. The molecule has 0 spiro atoms. The first-order valence-electron chi connectivity index (χ1n) is 6.21. The van der Waals surface area contributed by atoms with Crippen molar-refractivity contribution in [1.82, 2.24) is 0 Å². The summed E-state index contributed by atoms with van der Waals surface area (Å²) in [7, 11) is 0. The van der Waals surface area contributed by atoms with Crippen molar-refractivity contribution in [3.8, 4) is 0 Å². The Balaban J connectivity index is 2.08. The van der Waals surface area contributed by atoms with Gasteiger partial charge in [-0.15, -0.1) is 0 Å². The molecule has 17 heavy (non-hydrogen) atoms. The van der Waals surface area contributed by atoms with Crippen molar-refractivity contribution in [1.29, 1.82) is 0 Å². The predicted molar refractivity (Wildman–Crippen MR) is 68.2 cm³/mol. The monoisotopic (exact) mass is 262 g/mol. The lowest BCUT2D eigenvalue weighted by Crippen LogP contribution is -2.37. The summed E-state index contributed by atoms with van der Waals surface area (Å²) in [4.78, 5) is 10.3. The van der Waals surface area contributed by atoms with Crippen molar-refractivity contribution in [3.05, 3.63) is 0 Å². The second-order valence-electron chi connectivity index (χ2n) is 4.79. The second-order valence-corrected chi connectivity index (χ2v) is 5.90. The molecule has 100 valence electrons. The summed E-state index contributed by atoms with van der Waals surface area (Å²) >= 11 is 1.44. The number of thioether (sulfide) groups is 1. The van der Waals surface area contributed by atoms with Crippen LogP contribution in [0.15, 0.2) is 0 Å². The Morgan fingerprint density at radius 3 is 2.82 bits per heavy atom. The van der Waals surface area contributed by atoms with Gasteiger partial charge in [0.05, 0.1) is 18.0 Å². The molecule has 2 atom stereocenters. The fourth-order valence-corrected chi connectivity index (χ4v) is 3.23. The quantitative estimate of drug-likeness (QED) is 0.578. The van der Waals surface area contributed by atoms with Gasteiger partial charge in [0, 0.05) is 0 Å². The summed E-state index contributed by atoms with van der Waals surface area (Å²) in [6, 6.07) is 0.